The van der Waals surface area contributed by atoms with Crippen molar-refractivity contribution in [2.24, 2.45) is 0 Å². The van der Waals surface area contributed by atoms with Gasteiger partial charge in [0.2, 0.25) is 0 Å². The first kappa shape index (κ1) is 29.1. The number of hydrogen-bond donors (Lipinski definition) is 0. The number of hydrogen-bond acceptors (Lipinski definition) is 0. The zero-order valence-electron chi connectivity index (χ0n) is 16.6. The molecule has 3 heteroatoms. The van der Waals surface area contributed by atoms with Crippen LogP contribution in [0.15, 0.2) is 0 Å². The van der Waals surface area contributed by atoms with Crippen molar-refractivity contribution in [1.29, 1.82) is 0 Å². The van der Waals surface area contributed by atoms with Crippen molar-refractivity contribution in [3.05, 3.63) is 0 Å². The van der Waals surface area contributed by atoms with Crippen molar-refractivity contribution in [2.75, 3.05) is 24.6 Å². The van der Waals surface area contributed by atoms with Gasteiger partial charge in [-0.3, -0.25) is 0 Å². The van der Waals surface area contributed by atoms with E-state index in [4.69, 9.17) is 0 Å². The molecule has 0 nitrogen and oxygen atoms in total. The van der Waals surface area contributed by atoms with Gasteiger partial charge in [-0.15, -0.1) is 17.2 Å². The summed E-state index contributed by atoms with van der Waals surface area (Å²) in [5.74, 6) is 0. The molecule has 0 spiro atoms. The number of rotatable bonds is 16. The molecular weight excluding hydrogens is 361 g/mol. The largest absolute Gasteiger partial charge is 0.122 e. The third-order valence-electron chi connectivity index (χ3n) is 3.83. The molecule has 0 aliphatic carbocycles. The van der Waals surface area contributed by atoms with Gasteiger partial charge in [0.15, 0.2) is 0 Å². The minimum absolute atomic E-state index is 0. The molecule has 0 aromatic rings. The molecule has 0 aromatic carbocycles. The Bertz CT molecular complexity index is 132. The zero-order valence-corrected chi connectivity index (χ0v) is 19.6. The van der Waals surface area contributed by atoms with Crippen LogP contribution in [0.25, 0.3) is 0 Å². The molecule has 0 amide bonds. The van der Waals surface area contributed by atoms with Crippen LogP contribution in [0.4, 0.5) is 0 Å². The molecule has 0 aliphatic heterocycles. The molecule has 0 heterocycles. The van der Waals surface area contributed by atoms with Crippen molar-refractivity contribution in [1.82, 2.24) is 0 Å². The minimum atomic E-state index is 0. The Morgan fingerprint density at radius 1 is 0.391 bits per heavy atom. The van der Waals surface area contributed by atoms with Gasteiger partial charge in [-0.1, -0.05) is 79.1 Å². The Balaban J connectivity index is -0.000000333. The quantitative estimate of drug-likeness (QED) is 0.138. The van der Waals surface area contributed by atoms with Gasteiger partial charge >= 0.3 is 0 Å². The molecule has 0 saturated carbocycles. The number of unbranched alkanes of at least 4 members (excludes halogenated alkanes) is 8. The second kappa shape index (κ2) is 31.2. The molecule has 0 rings (SSSR count). The average molecular weight is 407 g/mol. The third kappa shape index (κ3) is 35.4. The average Bonchev–Trinajstić information content (AvgIpc) is 2.54. The van der Waals surface area contributed by atoms with E-state index in [9.17, 15) is 0 Å². The van der Waals surface area contributed by atoms with Gasteiger partial charge in [0.05, 0.1) is 0 Å². The summed E-state index contributed by atoms with van der Waals surface area (Å²) in [7, 11) is 2.50. The van der Waals surface area contributed by atoms with E-state index < -0.39 is 0 Å². The van der Waals surface area contributed by atoms with E-state index in [0.717, 1.165) is 0 Å². The zero-order chi connectivity index (χ0) is 16.7. The van der Waals surface area contributed by atoms with Crippen molar-refractivity contribution in [2.45, 2.75) is 105 Å². The van der Waals surface area contributed by atoms with Crippen LogP contribution in [-0.4, -0.2) is 24.6 Å². The Kier molecular flexibility index (Phi) is 39.5. The predicted molar refractivity (Wildman–Crippen MR) is 114 cm³/mol. The second-order valence-corrected chi connectivity index (χ2v) is 9.33. The first-order chi connectivity index (χ1) is 10.8. The first-order valence-electron chi connectivity index (χ1n) is 10.2. The molecule has 0 fully saturated rings. The molecule has 0 saturated heterocycles. The smallest absolute Gasteiger partial charge is 0 e. The topological polar surface area (TPSA) is 0 Å². The van der Waals surface area contributed by atoms with Crippen molar-refractivity contribution >= 4 is 17.2 Å². The minimum Gasteiger partial charge on any atom is -0.122 e. The molecule has 0 atom stereocenters. The molecule has 0 aliphatic rings. The third-order valence-corrected chi connectivity index (χ3v) is 6.66. The Labute approximate surface area is 163 Å². The van der Waals surface area contributed by atoms with Crippen molar-refractivity contribution < 1.29 is 16.5 Å². The molecule has 23 heavy (non-hydrogen) atoms. The van der Waals surface area contributed by atoms with Crippen LogP contribution in [0.1, 0.15) is 105 Å². The molecule has 0 bridgehead atoms. The predicted octanol–water partition coefficient (Wildman–Crippen LogP) is 8.09. The van der Waals surface area contributed by atoms with E-state index in [1.807, 2.05) is 0 Å². The SMILES string of the molecule is CCCCCPCCCCC.CCCCCPCCCCC.[Ni]. The monoisotopic (exact) mass is 406 g/mol. The van der Waals surface area contributed by atoms with Crippen LogP contribution in [0.3, 0.4) is 0 Å². The summed E-state index contributed by atoms with van der Waals surface area (Å²) in [5.41, 5.74) is 0. The maximum Gasteiger partial charge on any atom is 0 e. The summed E-state index contributed by atoms with van der Waals surface area (Å²) in [6.45, 7) is 9.11. The van der Waals surface area contributed by atoms with Gasteiger partial charge in [0, 0.05) is 16.5 Å². The van der Waals surface area contributed by atoms with Gasteiger partial charge in [0.25, 0.3) is 0 Å². The normalized spacial score (nSPS) is 9.91. The fourth-order valence-electron chi connectivity index (χ4n) is 2.25. The van der Waals surface area contributed by atoms with Crippen LogP contribution in [-0.2, 0) is 16.5 Å². The summed E-state index contributed by atoms with van der Waals surface area (Å²) in [4.78, 5) is 0. The maximum atomic E-state index is 2.28. The summed E-state index contributed by atoms with van der Waals surface area (Å²) < 4.78 is 0. The van der Waals surface area contributed by atoms with Gasteiger partial charge in [-0.2, -0.15) is 0 Å². The summed E-state index contributed by atoms with van der Waals surface area (Å²) in [5, 5.41) is 0. The molecular formula is C20H46NiP2. The molecule has 0 N–H and O–H groups in total. The maximum absolute atomic E-state index is 2.28. The van der Waals surface area contributed by atoms with Gasteiger partial charge in [-0.25, -0.2) is 0 Å². The Morgan fingerprint density at radius 3 is 0.783 bits per heavy atom. The summed E-state index contributed by atoms with van der Waals surface area (Å²) >= 11 is 0. The van der Waals surface area contributed by atoms with E-state index in [1.165, 1.54) is 119 Å². The fourth-order valence-corrected chi connectivity index (χ4v) is 4.75. The summed E-state index contributed by atoms with van der Waals surface area (Å²) in [6.07, 6.45) is 23.2. The Hall–Kier alpha value is 1.35. The van der Waals surface area contributed by atoms with E-state index >= 15 is 0 Å². The fraction of sp³-hybridized carbons (Fsp3) is 1.00. The van der Waals surface area contributed by atoms with E-state index in [0.29, 0.717) is 0 Å². The molecule has 0 radical (unpaired) electrons. The van der Waals surface area contributed by atoms with Crippen LogP contribution in [0.5, 0.6) is 0 Å². The van der Waals surface area contributed by atoms with E-state index in [-0.39, 0.29) is 16.5 Å². The van der Waals surface area contributed by atoms with Crippen LogP contribution in [0, 0.1) is 0 Å². The van der Waals surface area contributed by atoms with Crippen LogP contribution < -0.4 is 0 Å². The van der Waals surface area contributed by atoms with Gasteiger partial charge in [0.1, 0.15) is 0 Å². The molecule has 146 valence electrons. The van der Waals surface area contributed by atoms with Gasteiger partial charge < -0.3 is 0 Å². The van der Waals surface area contributed by atoms with Crippen LogP contribution in [0.2, 0.25) is 0 Å². The van der Waals surface area contributed by atoms with E-state index in [2.05, 4.69) is 27.7 Å². The Morgan fingerprint density at radius 2 is 0.609 bits per heavy atom. The van der Waals surface area contributed by atoms with Crippen molar-refractivity contribution in [3.63, 3.8) is 0 Å². The summed E-state index contributed by atoms with van der Waals surface area (Å²) in [6, 6.07) is 0. The standard InChI is InChI=1S/2C10H23P.Ni/c2*1-3-5-7-9-11-10-8-6-4-2;/h2*11H,3-10H2,1-2H3;. The second-order valence-electron chi connectivity index (χ2n) is 6.33. The van der Waals surface area contributed by atoms with E-state index in [1.54, 1.807) is 0 Å². The van der Waals surface area contributed by atoms with Crippen LogP contribution >= 0.6 is 17.2 Å². The van der Waals surface area contributed by atoms with Gasteiger partial charge in [-0.05, 0) is 50.3 Å². The van der Waals surface area contributed by atoms with Crippen molar-refractivity contribution in [3.8, 4) is 0 Å². The molecule has 0 aromatic heterocycles. The first-order valence-corrected chi connectivity index (χ1v) is 13.1. The molecule has 0 unspecified atom stereocenters.